The summed E-state index contributed by atoms with van der Waals surface area (Å²) in [4.78, 5) is 34.6. The van der Waals surface area contributed by atoms with Crippen molar-refractivity contribution >= 4 is 34.9 Å². The van der Waals surface area contributed by atoms with E-state index in [-0.39, 0.29) is 17.5 Å². The second kappa shape index (κ2) is 10.2. The van der Waals surface area contributed by atoms with Crippen LogP contribution in [0, 0.1) is 0 Å². The molecule has 13 heteroatoms. The third-order valence-corrected chi connectivity index (χ3v) is 7.37. The summed E-state index contributed by atoms with van der Waals surface area (Å²) in [6, 6.07) is 16.0. The summed E-state index contributed by atoms with van der Waals surface area (Å²) in [6.45, 7) is 0.558. The number of halogens is 2. The van der Waals surface area contributed by atoms with Crippen molar-refractivity contribution < 1.29 is 4.79 Å². The van der Waals surface area contributed by atoms with Crippen molar-refractivity contribution in [1.29, 1.82) is 0 Å². The lowest BCUT2D eigenvalue weighted by Crippen LogP contribution is -2.27. The van der Waals surface area contributed by atoms with Crippen LogP contribution in [0.4, 0.5) is 10.5 Å². The summed E-state index contributed by atoms with van der Waals surface area (Å²) in [6.07, 6.45) is 2.18. The summed E-state index contributed by atoms with van der Waals surface area (Å²) < 4.78 is 3.29. The zero-order valence-corrected chi connectivity index (χ0v) is 23.0. The van der Waals surface area contributed by atoms with Crippen LogP contribution in [0.5, 0.6) is 0 Å². The fourth-order valence-electron chi connectivity index (χ4n) is 4.88. The van der Waals surface area contributed by atoms with E-state index in [1.165, 1.54) is 15.9 Å². The number of nitrogens with one attached hydrogen (secondary N) is 2. The van der Waals surface area contributed by atoms with Gasteiger partial charge in [0.15, 0.2) is 5.15 Å². The minimum absolute atomic E-state index is 0.120. The molecule has 1 aliphatic heterocycles. The number of carbonyl (C=O) groups is 1. The van der Waals surface area contributed by atoms with E-state index in [1.54, 1.807) is 49.0 Å². The molecule has 0 spiro atoms. The summed E-state index contributed by atoms with van der Waals surface area (Å²) in [7, 11) is 3.35. The number of benzene rings is 2. The topological polar surface area (TPSA) is 127 Å². The van der Waals surface area contributed by atoms with Crippen LogP contribution in [0.3, 0.4) is 0 Å². The van der Waals surface area contributed by atoms with Gasteiger partial charge in [0, 0.05) is 54.2 Å². The van der Waals surface area contributed by atoms with Gasteiger partial charge in [-0.05, 0) is 58.8 Å². The molecular weight excluding hydrogens is 553 g/mol. The monoisotopic (exact) mass is 575 g/mol. The second-order valence-corrected chi connectivity index (χ2v) is 10.4. The zero-order chi connectivity index (χ0) is 28.0. The van der Waals surface area contributed by atoms with Crippen molar-refractivity contribution in [1.82, 2.24) is 39.6 Å². The van der Waals surface area contributed by atoms with Crippen LogP contribution in [-0.4, -0.2) is 59.8 Å². The Hall–Kier alpha value is -4.48. The van der Waals surface area contributed by atoms with Crippen LogP contribution >= 0.6 is 23.2 Å². The lowest BCUT2D eigenvalue weighted by Gasteiger charge is -2.14. The van der Waals surface area contributed by atoms with E-state index < -0.39 is 0 Å². The molecule has 0 bridgehead atoms. The number of anilines is 1. The molecule has 202 valence electrons. The molecule has 0 radical (unpaired) electrons. The molecule has 6 rings (SSSR count). The van der Waals surface area contributed by atoms with Crippen LogP contribution in [0.25, 0.3) is 28.1 Å². The Morgan fingerprint density at radius 2 is 1.88 bits per heavy atom. The number of H-pyrrole nitrogens is 1. The maximum absolute atomic E-state index is 13.2. The van der Waals surface area contributed by atoms with E-state index in [0.29, 0.717) is 51.6 Å². The van der Waals surface area contributed by atoms with Gasteiger partial charge in [0.25, 0.3) is 5.56 Å². The van der Waals surface area contributed by atoms with Crippen molar-refractivity contribution in [3.63, 3.8) is 0 Å². The van der Waals surface area contributed by atoms with Crippen molar-refractivity contribution in [2.75, 3.05) is 19.4 Å². The normalized spacial score (nSPS) is 14.2. The van der Waals surface area contributed by atoms with Crippen LogP contribution in [0.1, 0.15) is 23.9 Å². The number of pyridine rings is 1. The van der Waals surface area contributed by atoms with E-state index in [4.69, 9.17) is 23.2 Å². The SMILES string of the molecule is CN(C)C(=O)Nc1ccc(-c2[nH]c(C3CCn4c3cc(-c3cc(Cl)ccc3-n3cnnn3)cc4=O)nc2Cl)cc1. The number of carbonyl (C=O) groups excluding carboxylic acids is 1. The third-order valence-electron chi connectivity index (χ3n) is 6.86. The summed E-state index contributed by atoms with van der Waals surface area (Å²) in [5.74, 6) is 0.493. The molecule has 4 heterocycles. The predicted octanol–water partition coefficient (Wildman–Crippen LogP) is 4.82. The highest BCUT2D eigenvalue weighted by Gasteiger charge is 2.29. The Balaban J connectivity index is 1.35. The average Bonchev–Trinajstić information content (AvgIpc) is 3.69. The van der Waals surface area contributed by atoms with Crippen LogP contribution in [-0.2, 0) is 6.54 Å². The first kappa shape index (κ1) is 25.8. The number of hydrogen-bond donors (Lipinski definition) is 2. The number of nitrogens with zero attached hydrogens (tertiary/aromatic N) is 7. The Labute approximate surface area is 238 Å². The Kier molecular flexibility index (Phi) is 6.60. The molecule has 0 fully saturated rings. The molecule has 2 aromatic carbocycles. The number of hydrogen-bond acceptors (Lipinski definition) is 6. The number of fused-ring (bicyclic) bond motifs is 1. The molecule has 5 aromatic rings. The van der Waals surface area contributed by atoms with E-state index in [0.717, 1.165) is 16.8 Å². The Morgan fingerprint density at radius 3 is 2.60 bits per heavy atom. The van der Waals surface area contributed by atoms with Gasteiger partial charge in [-0.2, -0.15) is 4.68 Å². The highest BCUT2D eigenvalue weighted by Crippen LogP contribution is 2.38. The van der Waals surface area contributed by atoms with Crippen LogP contribution < -0.4 is 10.9 Å². The van der Waals surface area contributed by atoms with Crippen LogP contribution in [0.2, 0.25) is 10.2 Å². The Morgan fingerprint density at radius 1 is 1.07 bits per heavy atom. The van der Waals surface area contributed by atoms with Crippen molar-refractivity contribution in [3.05, 3.63) is 93.0 Å². The zero-order valence-electron chi connectivity index (χ0n) is 21.5. The largest absolute Gasteiger partial charge is 0.340 e. The number of urea groups is 1. The fraction of sp³-hybridized carbons (Fsp3) is 0.185. The van der Waals surface area contributed by atoms with Crippen molar-refractivity contribution in [3.8, 4) is 28.1 Å². The number of amides is 2. The van der Waals surface area contributed by atoms with Gasteiger partial charge in [-0.1, -0.05) is 35.3 Å². The van der Waals surface area contributed by atoms with Gasteiger partial charge >= 0.3 is 6.03 Å². The molecule has 1 atom stereocenters. The van der Waals surface area contributed by atoms with Crippen molar-refractivity contribution in [2.24, 2.45) is 0 Å². The van der Waals surface area contributed by atoms with E-state index in [9.17, 15) is 9.59 Å². The van der Waals surface area contributed by atoms with Gasteiger partial charge in [-0.3, -0.25) is 4.79 Å². The smallest absolute Gasteiger partial charge is 0.321 e. The summed E-state index contributed by atoms with van der Waals surface area (Å²) in [5.41, 5.74) is 4.97. The van der Waals surface area contributed by atoms with Gasteiger partial charge in [0.1, 0.15) is 12.2 Å². The quantitative estimate of drug-likeness (QED) is 0.309. The minimum Gasteiger partial charge on any atom is -0.340 e. The molecule has 0 aliphatic carbocycles. The van der Waals surface area contributed by atoms with Gasteiger partial charge in [-0.25, -0.2) is 9.78 Å². The van der Waals surface area contributed by atoms with Crippen LogP contribution in [0.15, 0.2) is 65.7 Å². The van der Waals surface area contributed by atoms with Gasteiger partial charge < -0.3 is 19.8 Å². The summed E-state index contributed by atoms with van der Waals surface area (Å²) >= 11 is 12.9. The molecule has 0 saturated carbocycles. The standard InChI is InChI=1S/C27H23Cl2N9O2/c1-36(2)27(40)31-18-6-3-15(4-7-18)24-25(29)33-26(32-24)19-9-10-37-22(19)11-16(12-23(37)39)20-13-17(28)5-8-21(20)38-14-30-34-35-38/h3-8,11-14,19H,9-10H2,1-2H3,(H,31,40)(H,32,33). The molecular formula is C27H23Cl2N9O2. The van der Waals surface area contributed by atoms with E-state index in [1.807, 2.05) is 24.3 Å². The number of rotatable bonds is 5. The molecule has 1 aliphatic rings. The lowest BCUT2D eigenvalue weighted by atomic mass is 9.98. The van der Waals surface area contributed by atoms with Gasteiger partial charge in [0.2, 0.25) is 0 Å². The predicted molar refractivity (Wildman–Crippen MR) is 152 cm³/mol. The highest BCUT2D eigenvalue weighted by atomic mass is 35.5. The fourth-order valence-corrected chi connectivity index (χ4v) is 5.29. The highest BCUT2D eigenvalue weighted by molar-refractivity contribution is 6.32. The van der Waals surface area contributed by atoms with E-state index in [2.05, 4.69) is 30.8 Å². The second-order valence-electron chi connectivity index (χ2n) is 9.61. The van der Waals surface area contributed by atoms with Crippen molar-refractivity contribution in [2.45, 2.75) is 18.9 Å². The maximum atomic E-state index is 13.2. The molecule has 2 amide bonds. The molecule has 40 heavy (non-hydrogen) atoms. The minimum atomic E-state index is -0.216. The maximum Gasteiger partial charge on any atom is 0.321 e. The molecule has 0 saturated heterocycles. The lowest BCUT2D eigenvalue weighted by molar-refractivity contribution is 0.230. The summed E-state index contributed by atoms with van der Waals surface area (Å²) in [5, 5.41) is 15.1. The van der Waals surface area contributed by atoms with E-state index >= 15 is 0 Å². The molecule has 1 unspecified atom stereocenters. The molecule has 11 nitrogen and oxygen atoms in total. The molecule has 2 N–H and O–H groups in total. The first-order chi connectivity index (χ1) is 19.3. The number of imidazole rings is 1. The van der Waals surface area contributed by atoms with Gasteiger partial charge in [-0.15, -0.1) is 5.10 Å². The molecule has 3 aromatic heterocycles. The number of tetrazole rings is 1. The van der Waals surface area contributed by atoms with Gasteiger partial charge in [0.05, 0.1) is 17.3 Å². The Bertz CT molecular complexity index is 1780. The first-order valence-corrected chi connectivity index (χ1v) is 13.2. The first-order valence-electron chi connectivity index (χ1n) is 12.4. The average molecular weight is 576 g/mol. The number of aromatic amines is 1. The number of aromatic nitrogens is 7. The third kappa shape index (κ3) is 4.74.